The van der Waals surface area contributed by atoms with Gasteiger partial charge in [0.15, 0.2) is 10.9 Å². The van der Waals surface area contributed by atoms with E-state index in [-0.39, 0.29) is 33.7 Å². The van der Waals surface area contributed by atoms with Crippen LogP contribution >= 0.6 is 0 Å². The number of hydrogen-bond acceptors (Lipinski definition) is 8. The second kappa shape index (κ2) is 10.5. The maximum Gasteiger partial charge on any atom is 0.193 e. The summed E-state index contributed by atoms with van der Waals surface area (Å²) < 4.78 is 17.9. The van der Waals surface area contributed by atoms with E-state index in [4.69, 9.17) is 14.2 Å². The lowest BCUT2D eigenvalue weighted by Gasteiger charge is -2.29. The third kappa shape index (κ3) is 4.07. The number of phenols is 1. The number of rotatable bonds is 7. The quantitative estimate of drug-likeness (QED) is 0.155. The summed E-state index contributed by atoms with van der Waals surface area (Å²) in [5, 5.41) is 20.0. The van der Waals surface area contributed by atoms with E-state index in [2.05, 4.69) is 11.4 Å². The Bertz CT molecular complexity index is 2210. The van der Waals surface area contributed by atoms with Gasteiger partial charge in [-0.2, -0.15) is 0 Å². The highest BCUT2D eigenvalue weighted by Gasteiger charge is 2.33. The molecule has 5 aromatic carbocycles. The third-order valence-electron chi connectivity index (χ3n) is 10.3. The number of nitrogens with one attached hydrogen (secondary N) is 1. The number of anilines is 1. The lowest BCUT2D eigenvalue weighted by Crippen LogP contribution is -2.25. The number of carbonyl (C=O) groups excluding carboxylic acids is 1. The molecule has 7 rings (SSSR count). The van der Waals surface area contributed by atoms with Crippen LogP contribution in [0.25, 0.3) is 49.2 Å². The SMILES string of the molecule is COc1c(NCC2CCC(C(C)=O)CC2)c2c(=O)cc(OC)c3c4c(OC)cc(=O)c5c(O)c(C)c6c(c(c1CC(C)=C6)c23)c54. The van der Waals surface area contributed by atoms with Gasteiger partial charge in [0.05, 0.1) is 37.8 Å². The number of benzene rings is 5. The molecule has 2 aliphatic rings. The summed E-state index contributed by atoms with van der Waals surface area (Å²) in [6.07, 6.45) is 6.22. The fourth-order valence-electron chi connectivity index (χ4n) is 8.11. The van der Waals surface area contributed by atoms with Crippen LogP contribution in [0.3, 0.4) is 0 Å². The summed E-state index contributed by atoms with van der Waals surface area (Å²) >= 11 is 0. The summed E-state index contributed by atoms with van der Waals surface area (Å²) in [4.78, 5) is 39.7. The van der Waals surface area contributed by atoms with E-state index in [0.29, 0.717) is 68.9 Å². The Morgan fingerprint density at radius 1 is 0.822 bits per heavy atom. The largest absolute Gasteiger partial charge is 0.507 e. The molecule has 1 fully saturated rings. The van der Waals surface area contributed by atoms with E-state index in [1.54, 1.807) is 14.0 Å². The number of carbonyl (C=O) groups is 1. The molecule has 45 heavy (non-hydrogen) atoms. The van der Waals surface area contributed by atoms with Crippen LogP contribution in [-0.2, 0) is 11.2 Å². The van der Waals surface area contributed by atoms with Gasteiger partial charge in [0.1, 0.15) is 28.8 Å². The zero-order valence-corrected chi connectivity index (χ0v) is 26.5. The number of Topliss-reactive ketones (excluding diaryl/α,β-unsaturated/α-hetero) is 1. The Morgan fingerprint density at radius 2 is 1.42 bits per heavy atom. The number of aromatic hydroxyl groups is 1. The van der Waals surface area contributed by atoms with Crippen molar-refractivity contribution in [1.82, 2.24) is 0 Å². The molecule has 8 nitrogen and oxygen atoms in total. The van der Waals surface area contributed by atoms with Gasteiger partial charge in [-0.25, -0.2) is 0 Å². The molecule has 0 amide bonds. The van der Waals surface area contributed by atoms with Crippen LogP contribution in [0, 0.1) is 18.8 Å². The second-order valence-electron chi connectivity index (χ2n) is 12.8. The molecule has 232 valence electrons. The molecule has 0 radical (unpaired) electrons. The molecule has 5 aromatic rings. The van der Waals surface area contributed by atoms with Crippen molar-refractivity contribution in [2.45, 2.75) is 52.9 Å². The van der Waals surface area contributed by atoms with Crippen molar-refractivity contribution in [3.63, 3.8) is 0 Å². The van der Waals surface area contributed by atoms with E-state index in [1.165, 1.54) is 26.4 Å². The molecule has 0 aromatic heterocycles. The molecule has 0 saturated heterocycles. The van der Waals surface area contributed by atoms with Gasteiger partial charge in [-0.15, -0.1) is 0 Å². The molecule has 0 bridgehead atoms. The predicted octanol–water partition coefficient (Wildman–Crippen LogP) is 6.70. The Labute approximate surface area is 260 Å². The van der Waals surface area contributed by atoms with E-state index >= 15 is 0 Å². The molecule has 0 atom stereocenters. The van der Waals surface area contributed by atoms with Gasteiger partial charge in [-0.05, 0) is 80.7 Å². The summed E-state index contributed by atoms with van der Waals surface area (Å²) in [7, 11) is 4.67. The van der Waals surface area contributed by atoms with Gasteiger partial charge in [-0.3, -0.25) is 14.4 Å². The number of fused-ring (bicyclic) bond motifs is 1. The van der Waals surface area contributed by atoms with Gasteiger partial charge in [0, 0.05) is 51.7 Å². The lowest BCUT2D eigenvalue weighted by molar-refractivity contribution is -0.121. The molecular weight excluding hydrogens is 570 g/mol. The van der Waals surface area contributed by atoms with E-state index in [0.717, 1.165) is 58.5 Å². The minimum Gasteiger partial charge on any atom is -0.507 e. The van der Waals surface area contributed by atoms with Crippen molar-refractivity contribution >= 4 is 60.6 Å². The van der Waals surface area contributed by atoms with Crippen LogP contribution in [0.15, 0.2) is 27.3 Å². The van der Waals surface area contributed by atoms with E-state index in [9.17, 15) is 19.5 Å². The first-order valence-corrected chi connectivity index (χ1v) is 15.5. The van der Waals surface area contributed by atoms with Crippen molar-refractivity contribution in [1.29, 1.82) is 0 Å². The van der Waals surface area contributed by atoms with Crippen molar-refractivity contribution in [3.8, 4) is 23.0 Å². The predicted molar refractivity (Wildman–Crippen MR) is 179 cm³/mol. The second-order valence-corrected chi connectivity index (χ2v) is 12.8. The maximum absolute atomic E-state index is 14.2. The summed E-state index contributed by atoms with van der Waals surface area (Å²) in [5.41, 5.74) is 3.44. The molecule has 0 heterocycles. The number of methoxy groups -OCH3 is 3. The van der Waals surface area contributed by atoms with Crippen molar-refractivity contribution in [2.24, 2.45) is 11.8 Å². The highest BCUT2D eigenvalue weighted by atomic mass is 16.5. The minimum absolute atomic E-state index is 0.0611. The Balaban J connectivity index is 1.65. The number of ketones is 1. The standard InChI is InChI=1S/C37H37NO7/c1-16-11-21-17(2)36(42)30-24(41)14-26(44-5)32-31-25(43-4)13-23(40)29-33(31)28(27(21)34(30)32)22(12-16)37(45-6)35(29)38-15-19-7-9-20(10-8-19)18(3)39/h11,13-14,19-20,38,42H,7-10,12,15H2,1-6H3. The number of phenolic OH excluding ortho intramolecular Hbond substituents is 1. The minimum atomic E-state index is -0.343. The molecule has 2 aliphatic carbocycles. The average Bonchev–Trinajstić information content (AvgIpc) is 3.18. The molecule has 1 saturated carbocycles. The first-order valence-electron chi connectivity index (χ1n) is 15.5. The molecule has 0 aliphatic heterocycles. The zero-order chi connectivity index (χ0) is 31.9. The first-order chi connectivity index (χ1) is 21.6. The molecular formula is C37H37NO7. The zero-order valence-electron chi connectivity index (χ0n) is 26.5. The molecule has 2 N–H and O–H groups in total. The summed E-state index contributed by atoms with van der Waals surface area (Å²) in [6.45, 7) is 6.18. The van der Waals surface area contributed by atoms with Gasteiger partial charge in [0.2, 0.25) is 0 Å². The average molecular weight is 608 g/mol. The number of ether oxygens (including phenoxy) is 3. The number of hydrogen-bond donors (Lipinski definition) is 2. The molecule has 0 spiro atoms. The van der Waals surface area contributed by atoms with E-state index < -0.39 is 0 Å². The highest BCUT2D eigenvalue weighted by molar-refractivity contribution is 6.39. The van der Waals surface area contributed by atoms with E-state index in [1.807, 2.05) is 13.8 Å². The van der Waals surface area contributed by atoms with Crippen LogP contribution in [0.5, 0.6) is 23.0 Å². The van der Waals surface area contributed by atoms with Crippen LogP contribution in [0.1, 0.15) is 56.2 Å². The smallest absolute Gasteiger partial charge is 0.193 e. The van der Waals surface area contributed by atoms with Crippen molar-refractivity contribution in [2.75, 3.05) is 33.2 Å². The number of allylic oxidation sites excluding steroid dienone is 1. The molecule has 0 unspecified atom stereocenters. The fourth-order valence-corrected chi connectivity index (χ4v) is 8.11. The monoisotopic (exact) mass is 607 g/mol. The fraction of sp³-hybridized carbons (Fsp3) is 0.378. The Kier molecular flexibility index (Phi) is 6.80. The molecule has 8 heteroatoms. The van der Waals surface area contributed by atoms with Gasteiger partial charge in [-0.1, -0.05) is 11.6 Å². The third-order valence-corrected chi connectivity index (χ3v) is 10.3. The van der Waals surface area contributed by atoms with Gasteiger partial charge in [0.25, 0.3) is 0 Å². The highest BCUT2D eigenvalue weighted by Crippen LogP contribution is 2.55. The van der Waals surface area contributed by atoms with Crippen LogP contribution in [0.4, 0.5) is 5.69 Å². The van der Waals surface area contributed by atoms with Gasteiger partial charge >= 0.3 is 0 Å². The topological polar surface area (TPSA) is 111 Å². The van der Waals surface area contributed by atoms with Crippen LogP contribution < -0.4 is 30.4 Å². The summed E-state index contributed by atoms with van der Waals surface area (Å²) in [5.74, 6) is 1.99. The van der Waals surface area contributed by atoms with Crippen molar-refractivity contribution in [3.05, 3.63) is 54.8 Å². The first kappa shape index (κ1) is 29.1. The Morgan fingerprint density at radius 3 is 2.00 bits per heavy atom. The summed E-state index contributed by atoms with van der Waals surface area (Å²) in [6, 6.07) is 2.90. The lowest BCUT2D eigenvalue weighted by atomic mass is 9.80. The normalized spacial score (nSPS) is 18.1. The van der Waals surface area contributed by atoms with Crippen LogP contribution in [-0.4, -0.2) is 38.8 Å². The maximum atomic E-state index is 14.2. The van der Waals surface area contributed by atoms with Crippen LogP contribution in [0.2, 0.25) is 0 Å². The van der Waals surface area contributed by atoms with Gasteiger partial charge < -0.3 is 24.6 Å². The Hall–Kier alpha value is -4.59. The van der Waals surface area contributed by atoms with Crippen molar-refractivity contribution < 1.29 is 24.1 Å².